The van der Waals surface area contributed by atoms with Crippen LogP contribution in [0.4, 0.5) is 19.0 Å². The highest BCUT2D eigenvalue weighted by Crippen LogP contribution is 2.31. The molecule has 2 fully saturated rings. The van der Waals surface area contributed by atoms with Gasteiger partial charge in [-0.05, 0) is 18.9 Å². The second-order valence-corrected chi connectivity index (χ2v) is 10.0. The van der Waals surface area contributed by atoms with Crippen molar-refractivity contribution in [2.24, 2.45) is 5.14 Å². The van der Waals surface area contributed by atoms with Crippen molar-refractivity contribution in [3.8, 4) is 5.75 Å². The van der Waals surface area contributed by atoms with Gasteiger partial charge in [0, 0.05) is 50.2 Å². The molecule has 0 amide bonds. The fourth-order valence-electron chi connectivity index (χ4n) is 4.48. The Labute approximate surface area is 202 Å². The summed E-state index contributed by atoms with van der Waals surface area (Å²) in [6.45, 7) is 3.69. The molecule has 1 aromatic carbocycles. The number of hydrogen-bond acceptors (Lipinski definition) is 8. The average molecular weight is 519 g/mol. The van der Waals surface area contributed by atoms with Gasteiger partial charge in [0.25, 0.3) is 16.6 Å². The molecule has 0 saturated carbocycles. The van der Waals surface area contributed by atoms with E-state index in [1.807, 2.05) is 4.90 Å². The minimum absolute atomic E-state index is 0.102. The van der Waals surface area contributed by atoms with Gasteiger partial charge in [-0.15, -0.1) is 0 Å². The monoisotopic (exact) mass is 518 g/mol. The summed E-state index contributed by atoms with van der Waals surface area (Å²) in [6, 6.07) is 2.22. The number of benzene rings is 1. The maximum absolute atomic E-state index is 14.9. The van der Waals surface area contributed by atoms with Crippen LogP contribution in [0.1, 0.15) is 12.8 Å². The van der Waals surface area contributed by atoms with E-state index < -0.39 is 35.0 Å². The molecule has 2 saturated heterocycles. The smallest absolute Gasteiger partial charge is 0.277 e. The standard InChI is InChI=1S/C21H29F3N6O4S/c22-17-11-16-18(12-19(17)34-10-7-28-5-8-33-9-6-28)26-14-27-21(16)29-3-1-15(2-4-29)30(13-20(23)24)35(25,31)32/h11-12,14-15,20H,1-10,13H2,(H2,25,31,32). The van der Waals surface area contributed by atoms with Gasteiger partial charge in [0.2, 0.25) is 0 Å². The largest absolute Gasteiger partial charge is 0.489 e. The molecule has 0 atom stereocenters. The SMILES string of the molecule is NS(=O)(=O)N(CC(F)F)C1CCN(c2ncnc3cc(OCCN4CCOCC4)c(F)cc23)CC1. The van der Waals surface area contributed by atoms with Crippen LogP contribution in [0.5, 0.6) is 5.75 Å². The van der Waals surface area contributed by atoms with Crippen LogP contribution in [0.25, 0.3) is 10.9 Å². The number of alkyl halides is 2. The van der Waals surface area contributed by atoms with Crippen molar-refractivity contribution in [2.45, 2.75) is 25.3 Å². The van der Waals surface area contributed by atoms with Crippen molar-refractivity contribution in [1.29, 1.82) is 0 Å². The van der Waals surface area contributed by atoms with Crippen molar-refractivity contribution < 1.29 is 31.1 Å². The molecule has 2 aliphatic heterocycles. The van der Waals surface area contributed by atoms with Gasteiger partial charge in [-0.1, -0.05) is 0 Å². The number of nitrogens with zero attached hydrogens (tertiary/aromatic N) is 5. The van der Waals surface area contributed by atoms with Gasteiger partial charge in [-0.25, -0.2) is 28.3 Å². The molecule has 2 N–H and O–H groups in total. The molecule has 2 aliphatic rings. The summed E-state index contributed by atoms with van der Waals surface area (Å²) in [5.41, 5.74) is 0.503. The fraction of sp³-hybridized carbons (Fsp3) is 0.619. The van der Waals surface area contributed by atoms with E-state index in [1.54, 1.807) is 0 Å². The third kappa shape index (κ3) is 6.50. The number of piperidine rings is 1. The van der Waals surface area contributed by atoms with E-state index in [1.165, 1.54) is 18.5 Å². The summed E-state index contributed by atoms with van der Waals surface area (Å²) >= 11 is 0. The minimum atomic E-state index is -4.27. The molecule has 194 valence electrons. The van der Waals surface area contributed by atoms with Gasteiger partial charge in [0.1, 0.15) is 18.8 Å². The molecule has 0 bridgehead atoms. The van der Waals surface area contributed by atoms with E-state index in [-0.39, 0.29) is 18.6 Å². The van der Waals surface area contributed by atoms with Crippen LogP contribution >= 0.6 is 0 Å². The average Bonchev–Trinajstić information content (AvgIpc) is 2.83. The van der Waals surface area contributed by atoms with Crippen LogP contribution in [0.15, 0.2) is 18.5 Å². The number of anilines is 1. The number of morpholine rings is 1. The van der Waals surface area contributed by atoms with E-state index in [0.29, 0.717) is 60.5 Å². The van der Waals surface area contributed by atoms with E-state index in [0.717, 1.165) is 13.1 Å². The molecule has 0 unspecified atom stereocenters. The highest BCUT2D eigenvalue weighted by Gasteiger charge is 2.33. The van der Waals surface area contributed by atoms with Crippen molar-refractivity contribution >= 4 is 26.9 Å². The van der Waals surface area contributed by atoms with Crippen LogP contribution < -0.4 is 14.8 Å². The molecular formula is C21H29F3N6O4S. The second kappa shape index (κ2) is 11.2. The topological polar surface area (TPSA) is 114 Å². The molecule has 4 rings (SSSR count). The number of rotatable bonds is 9. The van der Waals surface area contributed by atoms with Crippen molar-refractivity contribution in [3.63, 3.8) is 0 Å². The van der Waals surface area contributed by atoms with Crippen molar-refractivity contribution in [3.05, 3.63) is 24.3 Å². The van der Waals surface area contributed by atoms with Gasteiger partial charge in [0.05, 0.1) is 25.3 Å². The van der Waals surface area contributed by atoms with Crippen LogP contribution in [-0.2, 0) is 14.9 Å². The predicted octanol–water partition coefficient (Wildman–Crippen LogP) is 1.22. The molecule has 3 heterocycles. The first-order valence-electron chi connectivity index (χ1n) is 11.4. The van der Waals surface area contributed by atoms with Crippen LogP contribution in [0.2, 0.25) is 0 Å². The van der Waals surface area contributed by atoms with E-state index >= 15 is 0 Å². The quantitative estimate of drug-likeness (QED) is 0.527. The Morgan fingerprint density at radius 3 is 2.54 bits per heavy atom. The Hall–Kier alpha value is -2.26. The van der Waals surface area contributed by atoms with E-state index in [2.05, 4.69) is 14.9 Å². The van der Waals surface area contributed by atoms with Crippen LogP contribution in [0.3, 0.4) is 0 Å². The Kier molecular flexibility index (Phi) is 8.27. The number of nitrogens with two attached hydrogens (primary N) is 1. The Bertz CT molecular complexity index is 1110. The molecule has 0 spiro atoms. The lowest BCUT2D eigenvalue weighted by Gasteiger charge is -2.37. The predicted molar refractivity (Wildman–Crippen MR) is 123 cm³/mol. The number of ether oxygens (including phenoxy) is 2. The maximum Gasteiger partial charge on any atom is 0.277 e. The summed E-state index contributed by atoms with van der Waals surface area (Å²) in [5.74, 6) is 0.0517. The third-order valence-corrected chi connectivity index (χ3v) is 7.35. The zero-order valence-electron chi connectivity index (χ0n) is 19.2. The van der Waals surface area contributed by atoms with Gasteiger partial charge in [-0.3, -0.25) is 4.90 Å². The first-order chi connectivity index (χ1) is 16.7. The second-order valence-electron chi connectivity index (χ2n) is 8.52. The molecule has 2 aromatic rings. The molecular weight excluding hydrogens is 489 g/mol. The highest BCUT2D eigenvalue weighted by molar-refractivity contribution is 7.86. The lowest BCUT2D eigenvalue weighted by molar-refractivity contribution is 0.0320. The number of aromatic nitrogens is 2. The van der Waals surface area contributed by atoms with Gasteiger partial charge in [-0.2, -0.15) is 12.7 Å². The van der Waals surface area contributed by atoms with Gasteiger partial charge >= 0.3 is 0 Å². The number of halogens is 3. The summed E-state index contributed by atoms with van der Waals surface area (Å²) in [6.07, 6.45) is -0.905. The summed E-state index contributed by atoms with van der Waals surface area (Å²) in [4.78, 5) is 12.6. The lowest BCUT2D eigenvalue weighted by Crippen LogP contribution is -2.51. The summed E-state index contributed by atoms with van der Waals surface area (Å²) < 4.78 is 75.9. The summed E-state index contributed by atoms with van der Waals surface area (Å²) in [7, 11) is -4.27. The Balaban J connectivity index is 1.44. The first-order valence-corrected chi connectivity index (χ1v) is 12.9. The van der Waals surface area contributed by atoms with Gasteiger partial charge in [0.15, 0.2) is 11.6 Å². The number of hydrogen-bond donors (Lipinski definition) is 1. The zero-order valence-corrected chi connectivity index (χ0v) is 20.0. The Morgan fingerprint density at radius 2 is 1.89 bits per heavy atom. The molecule has 0 radical (unpaired) electrons. The molecule has 14 heteroatoms. The highest BCUT2D eigenvalue weighted by atomic mass is 32.2. The molecule has 1 aromatic heterocycles. The fourth-order valence-corrected chi connectivity index (χ4v) is 5.43. The molecule has 10 nitrogen and oxygen atoms in total. The molecule has 0 aliphatic carbocycles. The van der Waals surface area contributed by atoms with E-state index in [9.17, 15) is 21.6 Å². The normalized spacial score (nSPS) is 18.6. The zero-order chi connectivity index (χ0) is 25.0. The van der Waals surface area contributed by atoms with Crippen LogP contribution in [0, 0.1) is 5.82 Å². The van der Waals surface area contributed by atoms with E-state index in [4.69, 9.17) is 14.6 Å². The van der Waals surface area contributed by atoms with Crippen molar-refractivity contribution in [1.82, 2.24) is 19.2 Å². The maximum atomic E-state index is 14.9. The third-order valence-electron chi connectivity index (χ3n) is 6.25. The number of fused-ring (bicyclic) bond motifs is 1. The van der Waals surface area contributed by atoms with Crippen LogP contribution in [-0.4, -0.2) is 99.1 Å². The first kappa shape index (κ1) is 25.8. The van der Waals surface area contributed by atoms with Crippen molar-refractivity contribution in [2.75, 3.05) is 64.0 Å². The lowest BCUT2D eigenvalue weighted by atomic mass is 10.0. The summed E-state index contributed by atoms with van der Waals surface area (Å²) in [5, 5.41) is 5.64. The Morgan fingerprint density at radius 1 is 1.17 bits per heavy atom. The molecule has 35 heavy (non-hydrogen) atoms. The van der Waals surface area contributed by atoms with Gasteiger partial charge < -0.3 is 14.4 Å². The minimum Gasteiger partial charge on any atom is -0.489 e.